The topological polar surface area (TPSA) is 69.6 Å². The fraction of sp³-hybridized carbons (Fsp3) is 0.333. The molecule has 0 N–H and O–H groups in total. The Balaban J connectivity index is 0.000000230. The van der Waals surface area contributed by atoms with Crippen molar-refractivity contribution in [2.75, 3.05) is 0 Å². The van der Waals surface area contributed by atoms with Crippen molar-refractivity contribution in [3.63, 3.8) is 0 Å². The maximum atomic E-state index is 6.64. The minimum absolute atomic E-state index is 0. The van der Waals surface area contributed by atoms with Gasteiger partial charge in [-0.25, -0.2) is 4.98 Å². The van der Waals surface area contributed by atoms with Crippen molar-refractivity contribution in [1.82, 2.24) is 24.5 Å². The van der Waals surface area contributed by atoms with Crippen molar-refractivity contribution in [2.45, 2.75) is 132 Å². The van der Waals surface area contributed by atoms with E-state index in [1.807, 2.05) is 12.1 Å². The fourth-order valence-electron chi connectivity index (χ4n) is 10.0. The summed E-state index contributed by atoms with van der Waals surface area (Å²) in [5.74, 6) is 2.25. The van der Waals surface area contributed by atoms with E-state index in [9.17, 15) is 0 Å². The van der Waals surface area contributed by atoms with Crippen molar-refractivity contribution in [2.24, 2.45) is 5.92 Å². The Morgan fingerprint density at radius 3 is 2.13 bits per heavy atom. The molecule has 0 aliphatic carbocycles. The van der Waals surface area contributed by atoms with Crippen molar-refractivity contribution in [1.29, 1.82) is 0 Å². The van der Waals surface area contributed by atoms with Gasteiger partial charge in [0.05, 0.1) is 36.0 Å². The smallest absolute Gasteiger partial charge is 0.216 e. The van der Waals surface area contributed by atoms with E-state index >= 15 is 0 Å². The molecule has 0 saturated carbocycles. The van der Waals surface area contributed by atoms with Crippen LogP contribution in [0.15, 0.2) is 114 Å². The Kier molecular flexibility index (Phi) is 14.5. The number of aromatic nitrogens is 5. The van der Waals surface area contributed by atoms with E-state index in [1.54, 1.807) is 0 Å². The summed E-state index contributed by atoms with van der Waals surface area (Å²) in [4.78, 5) is 20.2. The van der Waals surface area contributed by atoms with Gasteiger partial charge in [-0.3, -0.25) is 9.97 Å². The van der Waals surface area contributed by atoms with Gasteiger partial charge in [0.2, 0.25) is 5.71 Å². The van der Waals surface area contributed by atoms with Crippen LogP contribution < -0.4 is 5.19 Å². The predicted molar refractivity (Wildman–Crippen MR) is 299 cm³/mol. The number of fused-ring (bicyclic) bond motifs is 7. The number of pyridine rings is 3. The minimum Gasteiger partial charge on any atom is -0.486 e. The first-order valence-electron chi connectivity index (χ1n) is 25.3. The number of imidazole rings is 1. The van der Waals surface area contributed by atoms with E-state index in [0.29, 0.717) is 17.5 Å². The molecule has 6 nitrogen and oxygen atoms in total. The molecule has 0 saturated heterocycles. The van der Waals surface area contributed by atoms with Gasteiger partial charge in [-0.05, 0) is 106 Å². The summed E-state index contributed by atoms with van der Waals surface area (Å²) >= 11 is 0. The summed E-state index contributed by atoms with van der Waals surface area (Å²) in [5, 5.41) is 7.09. The van der Waals surface area contributed by atoms with E-state index in [-0.39, 0.29) is 37.4 Å². The van der Waals surface area contributed by atoms with Gasteiger partial charge >= 0.3 is 0 Å². The first-order chi connectivity index (χ1) is 33.2. The number of benzene rings is 5. The number of hydrogen-bond donors (Lipinski definition) is 0. The van der Waals surface area contributed by atoms with Crippen molar-refractivity contribution >= 4 is 68.0 Å². The van der Waals surface area contributed by atoms with Gasteiger partial charge in [-0.1, -0.05) is 155 Å². The summed E-state index contributed by atoms with van der Waals surface area (Å²) in [6.07, 6.45) is 3.25. The molecule has 0 aliphatic rings. The molecule has 367 valence electrons. The van der Waals surface area contributed by atoms with Crippen LogP contribution in [0.4, 0.5) is 0 Å². The average Bonchev–Trinajstić information content (AvgIpc) is 3.89. The van der Waals surface area contributed by atoms with Gasteiger partial charge in [0.25, 0.3) is 0 Å². The summed E-state index contributed by atoms with van der Waals surface area (Å²) < 4.78 is 9.00. The van der Waals surface area contributed by atoms with E-state index < -0.39 is 8.07 Å². The number of hydrogen-bond acceptors (Lipinski definition) is 5. The molecule has 8 heteroatoms. The zero-order valence-corrected chi connectivity index (χ0v) is 47.8. The number of aryl methyl sites for hydroxylation is 1. The maximum absolute atomic E-state index is 6.64. The second-order valence-electron chi connectivity index (χ2n) is 22.7. The molecular formula is C63H69IrN5OSi-2. The van der Waals surface area contributed by atoms with Crippen molar-refractivity contribution in [3.05, 3.63) is 155 Å². The SMILES string of the molecule is CC(C)Cc1cc(-c2[c-]ccc(C(C)(C)C)c2)ncc1[Si](C)(C)C.Cc1ccc2ccc3nc(-c4[c-]ccc5c4oc4nc(C(C)C)ccc45)n(-c4c(C(C)C)cc5ccccc5c4C(C)C)c3c2n1.[Ir]. The first kappa shape index (κ1) is 51.6. The molecule has 10 rings (SSSR count). The van der Waals surface area contributed by atoms with Crippen LogP contribution >= 0.6 is 0 Å². The zero-order valence-electron chi connectivity index (χ0n) is 44.4. The van der Waals surface area contributed by atoms with Gasteiger partial charge in [0.15, 0.2) is 0 Å². The molecule has 0 aliphatic heterocycles. The molecule has 5 aromatic heterocycles. The normalized spacial score (nSPS) is 12.3. The van der Waals surface area contributed by atoms with E-state index in [1.165, 1.54) is 43.9 Å². The molecule has 10 aromatic rings. The minimum atomic E-state index is -1.38. The molecule has 0 fully saturated rings. The first-order valence-corrected chi connectivity index (χ1v) is 28.8. The van der Waals surface area contributed by atoms with Crippen LogP contribution in [0.3, 0.4) is 0 Å². The Morgan fingerprint density at radius 2 is 1.44 bits per heavy atom. The summed E-state index contributed by atoms with van der Waals surface area (Å²) in [6, 6.07) is 43.6. The molecule has 0 unspecified atom stereocenters. The molecule has 5 heterocycles. The quantitative estimate of drug-likeness (QED) is 0.106. The fourth-order valence-corrected chi connectivity index (χ4v) is 11.6. The molecule has 0 spiro atoms. The molecule has 71 heavy (non-hydrogen) atoms. The number of furan rings is 1. The summed E-state index contributed by atoms with van der Waals surface area (Å²) in [7, 11) is -1.38. The Labute approximate surface area is 436 Å². The molecule has 0 bridgehead atoms. The second kappa shape index (κ2) is 20.0. The number of nitrogens with zero attached hydrogens (tertiary/aromatic N) is 5. The third-order valence-electron chi connectivity index (χ3n) is 13.6. The van der Waals surface area contributed by atoms with Crippen LogP contribution in [0.2, 0.25) is 19.6 Å². The van der Waals surface area contributed by atoms with Gasteiger partial charge in [0, 0.05) is 54.1 Å². The van der Waals surface area contributed by atoms with Crippen LogP contribution in [-0.2, 0) is 31.9 Å². The van der Waals surface area contributed by atoms with E-state index in [0.717, 1.165) is 78.7 Å². The Morgan fingerprint density at radius 1 is 0.704 bits per heavy atom. The Hall–Kier alpha value is -5.79. The van der Waals surface area contributed by atoms with E-state index in [2.05, 4.69) is 217 Å². The second-order valence-corrected chi connectivity index (χ2v) is 27.8. The summed E-state index contributed by atoms with van der Waals surface area (Å²) in [6.45, 7) is 34.0. The van der Waals surface area contributed by atoms with Crippen LogP contribution in [-0.4, -0.2) is 32.6 Å². The van der Waals surface area contributed by atoms with Gasteiger partial charge in [0.1, 0.15) is 0 Å². The maximum Gasteiger partial charge on any atom is 0.216 e. The van der Waals surface area contributed by atoms with Gasteiger partial charge < -0.3 is 14.0 Å². The van der Waals surface area contributed by atoms with E-state index in [4.69, 9.17) is 24.4 Å². The molecule has 0 amide bonds. The molecule has 1 radical (unpaired) electrons. The van der Waals surface area contributed by atoms with Crippen LogP contribution in [0.25, 0.3) is 83.1 Å². The molecule has 0 atom stereocenters. The third-order valence-corrected chi connectivity index (χ3v) is 15.7. The molecular weight excluding hydrogens is 1060 g/mol. The van der Waals surface area contributed by atoms with Crippen molar-refractivity contribution in [3.8, 4) is 28.3 Å². The van der Waals surface area contributed by atoms with Crippen LogP contribution in [0.5, 0.6) is 0 Å². The standard InChI is InChI=1S/C41H37N4O.C22H32NSi.Ir/c1-22(2)32-21-27-11-8-9-12-28(27)35(24(5)6)37(32)45-38-34(19-17-26-16-15-25(7)42-36(26)38)43-40(45)31-14-10-13-29-30-18-20-33(23(3)4)44-41(30)46-39(29)31;1-16(2)12-18-14-20(23-15-21(18)24(6,7)8)17-10-9-11-19(13-17)22(3,4)5;/h8-13,15-24H,1-7H3;9,11,13-16H,12H2,1-8H3;/q2*-1;. The monoisotopic (exact) mass is 1130 g/mol. The van der Waals surface area contributed by atoms with Crippen LogP contribution in [0.1, 0.15) is 128 Å². The third kappa shape index (κ3) is 10.1. The van der Waals surface area contributed by atoms with Crippen LogP contribution in [0, 0.1) is 25.0 Å². The molecule has 5 aromatic carbocycles. The van der Waals surface area contributed by atoms with Gasteiger partial charge in [-0.2, -0.15) is 0 Å². The van der Waals surface area contributed by atoms with Gasteiger partial charge in [-0.15, -0.1) is 53.6 Å². The predicted octanol–water partition coefficient (Wildman–Crippen LogP) is 16.8. The average molecular weight is 1130 g/mol. The summed E-state index contributed by atoms with van der Waals surface area (Å²) in [5.41, 5.74) is 15.9. The number of rotatable bonds is 9. The largest absolute Gasteiger partial charge is 0.486 e. The zero-order chi connectivity index (χ0) is 50.0. The van der Waals surface area contributed by atoms with Crippen molar-refractivity contribution < 1.29 is 24.5 Å². The Bertz CT molecular complexity index is 3580.